The summed E-state index contributed by atoms with van der Waals surface area (Å²) in [6.07, 6.45) is 1.26. The van der Waals surface area contributed by atoms with Crippen LogP contribution in [0.4, 0.5) is 4.39 Å². The molecule has 0 spiro atoms. The van der Waals surface area contributed by atoms with Gasteiger partial charge in [-0.25, -0.2) is 4.39 Å². The third-order valence-corrected chi connectivity index (χ3v) is 2.62. The van der Waals surface area contributed by atoms with Crippen molar-refractivity contribution in [3.63, 3.8) is 0 Å². The van der Waals surface area contributed by atoms with E-state index in [1.807, 2.05) is 19.9 Å². The SMILES string of the molecule is COc1c(F)cc(C(C)C)cc1CCCO. The van der Waals surface area contributed by atoms with Crippen molar-refractivity contribution in [1.29, 1.82) is 0 Å². The Hall–Kier alpha value is -1.09. The molecule has 0 bridgehead atoms. The van der Waals surface area contributed by atoms with Crippen LogP contribution >= 0.6 is 0 Å². The summed E-state index contributed by atoms with van der Waals surface area (Å²) >= 11 is 0. The quantitative estimate of drug-likeness (QED) is 0.836. The Morgan fingerprint density at radius 1 is 1.38 bits per heavy atom. The molecule has 0 unspecified atom stereocenters. The van der Waals surface area contributed by atoms with Crippen molar-refractivity contribution in [2.24, 2.45) is 0 Å². The highest BCUT2D eigenvalue weighted by Gasteiger charge is 2.12. The lowest BCUT2D eigenvalue weighted by atomic mass is 9.98. The minimum absolute atomic E-state index is 0.108. The Labute approximate surface area is 96.1 Å². The average Bonchev–Trinajstić information content (AvgIpc) is 2.25. The lowest BCUT2D eigenvalue weighted by Gasteiger charge is -2.13. The summed E-state index contributed by atoms with van der Waals surface area (Å²) in [6, 6.07) is 3.48. The summed E-state index contributed by atoms with van der Waals surface area (Å²) in [5, 5.41) is 8.80. The number of rotatable bonds is 5. The molecule has 90 valence electrons. The summed E-state index contributed by atoms with van der Waals surface area (Å²) in [7, 11) is 1.47. The number of halogens is 1. The molecule has 1 aromatic rings. The summed E-state index contributed by atoms with van der Waals surface area (Å²) in [4.78, 5) is 0. The second-order valence-electron chi connectivity index (χ2n) is 4.18. The van der Waals surface area contributed by atoms with Crippen molar-refractivity contribution in [3.05, 3.63) is 29.1 Å². The predicted octanol–water partition coefficient (Wildman–Crippen LogP) is 2.88. The van der Waals surface area contributed by atoms with E-state index in [9.17, 15) is 4.39 Å². The maximum Gasteiger partial charge on any atom is 0.165 e. The second kappa shape index (κ2) is 5.85. The van der Waals surface area contributed by atoms with Crippen LogP contribution in [0, 0.1) is 5.82 Å². The molecule has 3 heteroatoms. The van der Waals surface area contributed by atoms with E-state index in [0.29, 0.717) is 18.6 Å². The summed E-state index contributed by atoms with van der Waals surface area (Å²) in [5.41, 5.74) is 1.80. The van der Waals surface area contributed by atoms with Crippen LogP contribution in [-0.4, -0.2) is 18.8 Å². The molecule has 1 rings (SSSR count). The number of hydrogen-bond donors (Lipinski definition) is 1. The monoisotopic (exact) mass is 226 g/mol. The van der Waals surface area contributed by atoms with Crippen LogP contribution in [0.3, 0.4) is 0 Å². The number of aliphatic hydroxyl groups excluding tert-OH is 1. The van der Waals surface area contributed by atoms with Crippen LogP contribution < -0.4 is 4.74 Å². The molecule has 16 heavy (non-hydrogen) atoms. The van der Waals surface area contributed by atoms with Gasteiger partial charge in [-0.05, 0) is 36.0 Å². The Morgan fingerprint density at radius 2 is 2.06 bits per heavy atom. The number of ether oxygens (including phenoxy) is 1. The largest absolute Gasteiger partial charge is 0.493 e. The van der Waals surface area contributed by atoms with E-state index in [2.05, 4.69) is 0 Å². The van der Waals surface area contributed by atoms with Gasteiger partial charge in [0.15, 0.2) is 11.6 Å². The topological polar surface area (TPSA) is 29.5 Å². The average molecular weight is 226 g/mol. The number of methoxy groups -OCH3 is 1. The molecule has 0 aliphatic rings. The smallest absolute Gasteiger partial charge is 0.165 e. The lowest BCUT2D eigenvalue weighted by molar-refractivity contribution is 0.287. The molecule has 0 heterocycles. The Kier molecular flexibility index (Phi) is 4.74. The van der Waals surface area contributed by atoms with Crippen molar-refractivity contribution in [2.45, 2.75) is 32.6 Å². The highest BCUT2D eigenvalue weighted by Crippen LogP contribution is 2.28. The molecule has 0 amide bonds. The van der Waals surface area contributed by atoms with Gasteiger partial charge in [0, 0.05) is 6.61 Å². The first-order chi connectivity index (χ1) is 7.60. The van der Waals surface area contributed by atoms with Gasteiger partial charge in [0.25, 0.3) is 0 Å². The normalized spacial score (nSPS) is 10.9. The van der Waals surface area contributed by atoms with Crippen LogP contribution in [0.25, 0.3) is 0 Å². The first-order valence-corrected chi connectivity index (χ1v) is 5.57. The molecule has 1 N–H and O–H groups in total. The summed E-state index contributed by atoms with van der Waals surface area (Å²) in [5.74, 6) is 0.271. The van der Waals surface area contributed by atoms with Gasteiger partial charge in [-0.3, -0.25) is 0 Å². The molecule has 0 saturated heterocycles. The first-order valence-electron chi connectivity index (χ1n) is 5.57. The van der Waals surface area contributed by atoms with Gasteiger partial charge < -0.3 is 9.84 Å². The minimum Gasteiger partial charge on any atom is -0.493 e. The molecule has 0 saturated carbocycles. The van der Waals surface area contributed by atoms with Crippen LogP contribution in [0.15, 0.2) is 12.1 Å². The van der Waals surface area contributed by atoms with E-state index in [4.69, 9.17) is 9.84 Å². The van der Waals surface area contributed by atoms with E-state index in [1.165, 1.54) is 13.2 Å². The Bertz CT molecular complexity index is 348. The molecule has 1 aromatic carbocycles. The maximum atomic E-state index is 13.7. The van der Waals surface area contributed by atoms with Crippen molar-refractivity contribution in [1.82, 2.24) is 0 Å². The predicted molar refractivity (Wildman–Crippen MR) is 62.4 cm³/mol. The van der Waals surface area contributed by atoms with E-state index in [-0.39, 0.29) is 18.3 Å². The zero-order valence-electron chi connectivity index (χ0n) is 10.1. The van der Waals surface area contributed by atoms with E-state index in [0.717, 1.165) is 11.1 Å². The zero-order valence-corrected chi connectivity index (χ0v) is 10.1. The van der Waals surface area contributed by atoms with Gasteiger partial charge in [0.05, 0.1) is 7.11 Å². The molecule has 0 fully saturated rings. The van der Waals surface area contributed by atoms with Gasteiger partial charge >= 0.3 is 0 Å². The highest BCUT2D eigenvalue weighted by molar-refractivity contribution is 5.40. The van der Waals surface area contributed by atoms with Gasteiger partial charge in [-0.1, -0.05) is 19.9 Å². The first kappa shape index (κ1) is 13.0. The van der Waals surface area contributed by atoms with Crippen LogP contribution in [0.1, 0.15) is 37.3 Å². The van der Waals surface area contributed by atoms with Gasteiger partial charge in [0.1, 0.15) is 0 Å². The zero-order chi connectivity index (χ0) is 12.1. The summed E-state index contributed by atoms with van der Waals surface area (Å²) in [6.45, 7) is 4.16. The summed E-state index contributed by atoms with van der Waals surface area (Å²) < 4.78 is 18.8. The van der Waals surface area contributed by atoms with E-state index < -0.39 is 0 Å². The molecule has 0 radical (unpaired) electrons. The molecule has 0 atom stereocenters. The second-order valence-corrected chi connectivity index (χ2v) is 4.18. The molecule has 0 aliphatic heterocycles. The number of aryl methyl sites for hydroxylation is 1. The third kappa shape index (κ3) is 2.95. The fraction of sp³-hybridized carbons (Fsp3) is 0.538. The van der Waals surface area contributed by atoms with Crippen molar-refractivity contribution < 1.29 is 14.2 Å². The standard InChI is InChI=1S/C13H19FO2/c1-9(2)11-7-10(5-4-6-15)13(16-3)12(14)8-11/h7-9,15H,4-6H2,1-3H3. The van der Waals surface area contributed by atoms with Crippen LogP contribution in [-0.2, 0) is 6.42 Å². The van der Waals surface area contributed by atoms with Crippen molar-refractivity contribution >= 4 is 0 Å². The molecule has 0 aromatic heterocycles. The highest BCUT2D eigenvalue weighted by atomic mass is 19.1. The minimum atomic E-state index is -0.318. The van der Waals surface area contributed by atoms with Crippen LogP contribution in [0.5, 0.6) is 5.75 Å². The Balaban J connectivity index is 3.09. The molecular formula is C13H19FO2. The van der Waals surface area contributed by atoms with E-state index in [1.54, 1.807) is 0 Å². The van der Waals surface area contributed by atoms with Crippen molar-refractivity contribution in [3.8, 4) is 5.75 Å². The Morgan fingerprint density at radius 3 is 2.56 bits per heavy atom. The number of hydrogen-bond acceptors (Lipinski definition) is 2. The van der Waals surface area contributed by atoms with Gasteiger partial charge in [-0.15, -0.1) is 0 Å². The van der Waals surface area contributed by atoms with Gasteiger partial charge in [0.2, 0.25) is 0 Å². The van der Waals surface area contributed by atoms with Gasteiger partial charge in [-0.2, -0.15) is 0 Å². The van der Waals surface area contributed by atoms with E-state index >= 15 is 0 Å². The molecule has 0 aliphatic carbocycles. The maximum absolute atomic E-state index is 13.7. The van der Waals surface area contributed by atoms with Crippen LogP contribution in [0.2, 0.25) is 0 Å². The molecular weight excluding hydrogens is 207 g/mol. The fourth-order valence-corrected chi connectivity index (χ4v) is 1.69. The fourth-order valence-electron chi connectivity index (χ4n) is 1.69. The molecule has 2 nitrogen and oxygen atoms in total. The van der Waals surface area contributed by atoms with Crippen molar-refractivity contribution in [2.75, 3.05) is 13.7 Å². The number of benzene rings is 1. The number of aliphatic hydroxyl groups is 1. The third-order valence-electron chi connectivity index (χ3n) is 2.62. The lowest BCUT2D eigenvalue weighted by Crippen LogP contribution is -2.00.